The molecule has 104 valence electrons. The third-order valence-corrected chi connectivity index (χ3v) is 3.95. The van der Waals surface area contributed by atoms with Gasteiger partial charge in [0.25, 0.3) is 5.91 Å². The van der Waals surface area contributed by atoms with E-state index in [0.717, 1.165) is 51.9 Å². The highest BCUT2D eigenvalue weighted by Gasteiger charge is 2.21. The van der Waals surface area contributed by atoms with E-state index >= 15 is 0 Å². The van der Waals surface area contributed by atoms with Crippen molar-refractivity contribution < 1.29 is 4.79 Å². The Morgan fingerprint density at radius 1 is 0.895 bits per heavy atom. The number of nitrogens with zero attached hydrogens (tertiary/aromatic N) is 3. The summed E-state index contributed by atoms with van der Waals surface area (Å²) in [7, 11) is 0. The summed E-state index contributed by atoms with van der Waals surface area (Å²) in [5.41, 5.74) is 0.309. The number of carbonyl (C=O) groups is 1. The summed E-state index contributed by atoms with van der Waals surface area (Å²) in [4.78, 5) is 16.3. The Balaban J connectivity index is 2.01. The molecule has 4 nitrogen and oxygen atoms in total. The molecular formula is C15H23N3O. The Kier molecular flexibility index (Phi) is 5.26. The average molecular weight is 261 g/mol. The maximum Gasteiger partial charge on any atom is 0.266 e. The predicted octanol–water partition coefficient (Wildman–Crippen LogP) is 2.28. The molecule has 0 unspecified atom stereocenters. The second kappa shape index (κ2) is 7.18. The van der Waals surface area contributed by atoms with Crippen LogP contribution in [0.4, 0.5) is 0 Å². The van der Waals surface area contributed by atoms with Gasteiger partial charge in [0.1, 0.15) is 11.6 Å². The fraction of sp³-hybridized carbons (Fsp3) is 0.733. The van der Waals surface area contributed by atoms with Gasteiger partial charge in [-0.1, -0.05) is 12.8 Å². The molecular weight excluding hydrogens is 238 g/mol. The number of rotatable bonds is 2. The van der Waals surface area contributed by atoms with Gasteiger partial charge < -0.3 is 9.80 Å². The first-order valence-electron chi connectivity index (χ1n) is 7.46. The molecule has 2 fully saturated rings. The molecule has 2 saturated heterocycles. The Morgan fingerprint density at radius 3 is 2.00 bits per heavy atom. The molecule has 1 amide bonds. The zero-order valence-corrected chi connectivity index (χ0v) is 11.6. The number of likely N-dealkylation sites (tertiary alicyclic amines) is 2. The Morgan fingerprint density at radius 2 is 1.42 bits per heavy atom. The Hall–Kier alpha value is -1.50. The van der Waals surface area contributed by atoms with Crippen LogP contribution in [0.25, 0.3) is 0 Å². The van der Waals surface area contributed by atoms with Gasteiger partial charge in [0, 0.05) is 32.4 Å². The van der Waals surface area contributed by atoms with Gasteiger partial charge >= 0.3 is 0 Å². The number of nitriles is 1. The summed E-state index contributed by atoms with van der Waals surface area (Å²) < 4.78 is 0. The van der Waals surface area contributed by atoms with Gasteiger partial charge in [0.05, 0.1) is 0 Å². The van der Waals surface area contributed by atoms with Crippen LogP contribution < -0.4 is 0 Å². The van der Waals surface area contributed by atoms with E-state index < -0.39 is 0 Å². The van der Waals surface area contributed by atoms with E-state index in [1.165, 1.54) is 19.3 Å². The number of piperidine rings is 1. The monoisotopic (exact) mass is 261 g/mol. The van der Waals surface area contributed by atoms with E-state index in [2.05, 4.69) is 11.0 Å². The minimum atomic E-state index is -0.0774. The minimum Gasteiger partial charge on any atom is -0.376 e. The third kappa shape index (κ3) is 3.99. The molecule has 0 N–H and O–H groups in total. The van der Waals surface area contributed by atoms with Crippen molar-refractivity contribution in [1.82, 2.24) is 9.80 Å². The molecule has 0 aliphatic carbocycles. The Labute approximate surface area is 115 Å². The molecule has 0 bridgehead atoms. The topological polar surface area (TPSA) is 47.3 Å². The van der Waals surface area contributed by atoms with E-state index in [9.17, 15) is 10.1 Å². The van der Waals surface area contributed by atoms with Crippen molar-refractivity contribution >= 4 is 5.91 Å². The second-order valence-corrected chi connectivity index (χ2v) is 5.46. The van der Waals surface area contributed by atoms with Crippen LogP contribution in [0, 0.1) is 11.3 Å². The maximum atomic E-state index is 12.3. The van der Waals surface area contributed by atoms with Gasteiger partial charge in [-0.3, -0.25) is 4.79 Å². The van der Waals surface area contributed by atoms with Crippen LogP contribution in [-0.2, 0) is 4.79 Å². The van der Waals surface area contributed by atoms with E-state index in [1.807, 2.05) is 4.90 Å². The van der Waals surface area contributed by atoms with Crippen molar-refractivity contribution in [2.75, 3.05) is 26.2 Å². The van der Waals surface area contributed by atoms with Crippen LogP contribution in [0.15, 0.2) is 11.8 Å². The summed E-state index contributed by atoms with van der Waals surface area (Å²) in [5, 5.41) is 9.24. The second-order valence-electron chi connectivity index (χ2n) is 5.46. The van der Waals surface area contributed by atoms with E-state index in [1.54, 1.807) is 6.20 Å². The highest BCUT2D eigenvalue weighted by Crippen LogP contribution is 2.14. The molecule has 0 saturated carbocycles. The van der Waals surface area contributed by atoms with E-state index in [-0.39, 0.29) is 5.91 Å². The molecule has 19 heavy (non-hydrogen) atoms. The van der Waals surface area contributed by atoms with Crippen molar-refractivity contribution in [3.8, 4) is 6.07 Å². The third-order valence-electron chi connectivity index (χ3n) is 3.95. The van der Waals surface area contributed by atoms with E-state index in [4.69, 9.17) is 0 Å². The van der Waals surface area contributed by atoms with Crippen molar-refractivity contribution in [2.45, 2.75) is 44.9 Å². The van der Waals surface area contributed by atoms with Crippen molar-refractivity contribution in [1.29, 1.82) is 5.26 Å². The molecule has 2 heterocycles. The molecule has 0 aromatic heterocycles. The SMILES string of the molecule is N#C/C(=C/N1CCCCCC1)C(=O)N1CCCCC1. The lowest BCUT2D eigenvalue weighted by Crippen LogP contribution is -2.37. The lowest BCUT2D eigenvalue weighted by Gasteiger charge is -2.27. The number of carbonyl (C=O) groups excluding carboxylic acids is 1. The molecule has 0 aromatic rings. The molecule has 2 aliphatic rings. The van der Waals surface area contributed by atoms with Crippen LogP contribution in [-0.4, -0.2) is 41.9 Å². The zero-order valence-electron chi connectivity index (χ0n) is 11.6. The van der Waals surface area contributed by atoms with Gasteiger partial charge in [0.15, 0.2) is 0 Å². The number of hydrogen-bond donors (Lipinski definition) is 0. The molecule has 4 heteroatoms. The smallest absolute Gasteiger partial charge is 0.266 e. The summed E-state index contributed by atoms with van der Waals surface area (Å²) in [6.07, 6.45) is 9.95. The van der Waals surface area contributed by atoms with E-state index in [0.29, 0.717) is 5.57 Å². The number of hydrogen-bond acceptors (Lipinski definition) is 3. The summed E-state index contributed by atoms with van der Waals surface area (Å²) in [6.45, 7) is 3.55. The minimum absolute atomic E-state index is 0.0774. The summed E-state index contributed by atoms with van der Waals surface area (Å²) in [5.74, 6) is -0.0774. The molecule has 2 rings (SSSR count). The van der Waals surface area contributed by atoms with Crippen LogP contribution in [0.2, 0.25) is 0 Å². The quantitative estimate of drug-likeness (QED) is 0.566. The fourth-order valence-electron chi connectivity index (χ4n) is 2.81. The first-order valence-corrected chi connectivity index (χ1v) is 7.46. The van der Waals surface area contributed by atoms with Crippen LogP contribution in [0.1, 0.15) is 44.9 Å². The molecule has 0 spiro atoms. The van der Waals surface area contributed by atoms with Gasteiger partial charge in [0.2, 0.25) is 0 Å². The zero-order chi connectivity index (χ0) is 13.5. The Bertz CT molecular complexity index is 369. The lowest BCUT2D eigenvalue weighted by atomic mass is 10.1. The number of amides is 1. The largest absolute Gasteiger partial charge is 0.376 e. The normalized spacial score (nSPS) is 21.7. The van der Waals surface area contributed by atoms with Gasteiger partial charge in [-0.25, -0.2) is 0 Å². The van der Waals surface area contributed by atoms with Crippen molar-refractivity contribution in [3.05, 3.63) is 11.8 Å². The maximum absolute atomic E-state index is 12.3. The lowest BCUT2D eigenvalue weighted by molar-refractivity contribution is -0.127. The predicted molar refractivity (Wildman–Crippen MR) is 74.2 cm³/mol. The van der Waals surface area contributed by atoms with Crippen molar-refractivity contribution in [3.63, 3.8) is 0 Å². The standard InChI is InChI=1S/C15H23N3O/c16-12-14(13-17-8-4-1-2-5-9-17)15(19)18-10-6-3-7-11-18/h13H,1-11H2/b14-13-. The van der Waals surface area contributed by atoms with Crippen LogP contribution >= 0.6 is 0 Å². The van der Waals surface area contributed by atoms with Crippen molar-refractivity contribution in [2.24, 2.45) is 0 Å². The highest BCUT2D eigenvalue weighted by molar-refractivity contribution is 5.97. The molecule has 0 aromatic carbocycles. The van der Waals surface area contributed by atoms with Gasteiger partial charge in [-0.05, 0) is 32.1 Å². The summed E-state index contributed by atoms with van der Waals surface area (Å²) in [6, 6.07) is 2.10. The first kappa shape index (κ1) is 13.9. The molecule has 2 aliphatic heterocycles. The average Bonchev–Trinajstić information content (AvgIpc) is 2.73. The molecule has 0 atom stereocenters. The van der Waals surface area contributed by atoms with Gasteiger partial charge in [-0.15, -0.1) is 0 Å². The van der Waals surface area contributed by atoms with Gasteiger partial charge in [-0.2, -0.15) is 5.26 Å². The summed E-state index contributed by atoms with van der Waals surface area (Å²) >= 11 is 0. The van der Waals surface area contributed by atoms with Crippen LogP contribution in [0.5, 0.6) is 0 Å². The highest BCUT2D eigenvalue weighted by atomic mass is 16.2. The van der Waals surface area contributed by atoms with Crippen LogP contribution in [0.3, 0.4) is 0 Å². The first-order chi connectivity index (χ1) is 9.31. The molecule has 0 radical (unpaired) electrons. The fourth-order valence-corrected chi connectivity index (χ4v) is 2.81.